The number of benzene rings is 2. The molecule has 1 aliphatic carbocycles. The van der Waals surface area contributed by atoms with Gasteiger partial charge in [0.05, 0.1) is 11.8 Å². The zero-order valence-electron chi connectivity index (χ0n) is 14.4. The van der Waals surface area contributed by atoms with E-state index in [1.165, 1.54) is 6.07 Å². The molecule has 0 aliphatic heterocycles. The van der Waals surface area contributed by atoms with Gasteiger partial charge >= 0.3 is 0 Å². The van der Waals surface area contributed by atoms with Crippen LogP contribution in [0.15, 0.2) is 42.5 Å². The molecular formula is C19H19F2N3O2. The molecule has 1 saturated carbocycles. The van der Waals surface area contributed by atoms with Crippen LogP contribution in [0.5, 0.6) is 0 Å². The molecule has 0 bridgehead atoms. The minimum Gasteiger partial charge on any atom is -0.378 e. The van der Waals surface area contributed by atoms with E-state index < -0.39 is 23.5 Å². The van der Waals surface area contributed by atoms with Crippen molar-refractivity contribution in [3.63, 3.8) is 0 Å². The maximum atomic E-state index is 13.2. The summed E-state index contributed by atoms with van der Waals surface area (Å²) >= 11 is 0. The second kappa shape index (κ2) is 7.11. The van der Waals surface area contributed by atoms with Gasteiger partial charge in [-0.1, -0.05) is 0 Å². The van der Waals surface area contributed by atoms with E-state index in [1.54, 1.807) is 12.1 Å². The third-order valence-electron chi connectivity index (χ3n) is 4.30. The number of hydrogen-bond acceptors (Lipinski definition) is 3. The minimum absolute atomic E-state index is 0.166. The molecule has 1 aliphatic rings. The first-order chi connectivity index (χ1) is 12.3. The Kier molecular flexibility index (Phi) is 4.88. The molecule has 0 heterocycles. The van der Waals surface area contributed by atoms with Gasteiger partial charge in [0.1, 0.15) is 0 Å². The molecule has 2 aromatic rings. The molecule has 2 aromatic carbocycles. The molecule has 0 saturated heterocycles. The van der Waals surface area contributed by atoms with Crippen molar-refractivity contribution in [2.45, 2.75) is 6.42 Å². The zero-order valence-corrected chi connectivity index (χ0v) is 14.4. The normalized spacial score (nSPS) is 18.2. The third kappa shape index (κ3) is 3.99. The van der Waals surface area contributed by atoms with Crippen LogP contribution in [0.25, 0.3) is 0 Å². The molecule has 2 amide bonds. The summed E-state index contributed by atoms with van der Waals surface area (Å²) in [5.41, 5.74) is 1.84. The van der Waals surface area contributed by atoms with Crippen LogP contribution in [0.1, 0.15) is 6.42 Å². The van der Waals surface area contributed by atoms with Gasteiger partial charge in [0.15, 0.2) is 11.6 Å². The Morgan fingerprint density at radius 3 is 1.96 bits per heavy atom. The van der Waals surface area contributed by atoms with Crippen molar-refractivity contribution in [2.24, 2.45) is 11.8 Å². The van der Waals surface area contributed by atoms with Gasteiger partial charge in [-0.05, 0) is 42.8 Å². The Hall–Kier alpha value is -2.96. The van der Waals surface area contributed by atoms with Gasteiger partial charge in [-0.25, -0.2) is 8.78 Å². The fourth-order valence-corrected chi connectivity index (χ4v) is 2.66. The van der Waals surface area contributed by atoms with E-state index in [-0.39, 0.29) is 17.5 Å². The number of halogens is 2. The van der Waals surface area contributed by atoms with Gasteiger partial charge in [0, 0.05) is 37.2 Å². The molecule has 0 radical (unpaired) electrons. The number of carbonyl (C=O) groups excluding carboxylic acids is 2. The highest BCUT2D eigenvalue weighted by atomic mass is 19.2. The molecule has 136 valence electrons. The number of nitrogens with zero attached hydrogens (tertiary/aromatic N) is 1. The quantitative estimate of drug-likeness (QED) is 0.862. The van der Waals surface area contributed by atoms with Crippen LogP contribution >= 0.6 is 0 Å². The number of hydrogen-bond donors (Lipinski definition) is 2. The first kappa shape index (κ1) is 17.8. The smallest absolute Gasteiger partial charge is 0.228 e. The van der Waals surface area contributed by atoms with E-state index in [1.807, 2.05) is 31.1 Å². The molecule has 3 rings (SSSR count). The summed E-state index contributed by atoms with van der Waals surface area (Å²) in [6, 6.07) is 10.5. The van der Waals surface area contributed by atoms with E-state index in [0.29, 0.717) is 12.1 Å². The van der Waals surface area contributed by atoms with Crippen molar-refractivity contribution in [1.82, 2.24) is 0 Å². The molecule has 26 heavy (non-hydrogen) atoms. The Morgan fingerprint density at radius 1 is 0.885 bits per heavy atom. The topological polar surface area (TPSA) is 61.4 Å². The lowest BCUT2D eigenvalue weighted by Crippen LogP contribution is -2.20. The first-order valence-electron chi connectivity index (χ1n) is 8.19. The van der Waals surface area contributed by atoms with Crippen molar-refractivity contribution in [3.8, 4) is 0 Å². The molecular weight excluding hydrogens is 340 g/mol. The average molecular weight is 359 g/mol. The summed E-state index contributed by atoms with van der Waals surface area (Å²) in [7, 11) is 3.85. The Bertz CT molecular complexity index is 837. The van der Waals surface area contributed by atoms with Crippen molar-refractivity contribution in [3.05, 3.63) is 54.1 Å². The summed E-state index contributed by atoms with van der Waals surface area (Å²) in [6.07, 6.45) is 0.428. The van der Waals surface area contributed by atoms with Crippen molar-refractivity contribution >= 4 is 28.9 Å². The van der Waals surface area contributed by atoms with E-state index >= 15 is 0 Å². The van der Waals surface area contributed by atoms with Gasteiger partial charge in [-0.15, -0.1) is 0 Å². The first-order valence-corrected chi connectivity index (χ1v) is 8.19. The van der Waals surface area contributed by atoms with Crippen LogP contribution in [0, 0.1) is 23.5 Å². The van der Waals surface area contributed by atoms with Gasteiger partial charge < -0.3 is 15.5 Å². The van der Waals surface area contributed by atoms with E-state index in [4.69, 9.17) is 0 Å². The summed E-state index contributed by atoms with van der Waals surface area (Å²) in [5, 5.41) is 5.30. The molecule has 0 spiro atoms. The number of rotatable bonds is 5. The zero-order chi connectivity index (χ0) is 18.8. The molecule has 2 N–H and O–H groups in total. The molecule has 2 unspecified atom stereocenters. The predicted molar refractivity (Wildman–Crippen MR) is 96.0 cm³/mol. The van der Waals surface area contributed by atoms with Gasteiger partial charge in [-0.3, -0.25) is 9.59 Å². The Morgan fingerprint density at radius 2 is 1.42 bits per heavy atom. The van der Waals surface area contributed by atoms with E-state index in [9.17, 15) is 18.4 Å². The molecule has 0 aromatic heterocycles. The van der Waals surface area contributed by atoms with Crippen molar-refractivity contribution < 1.29 is 18.4 Å². The SMILES string of the molecule is CN(C)c1ccc(NC(=O)C2CC2C(=O)Nc2ccc(F)c(F)c2)cc1. The van der Waals surface area contributed by atoms with E-state index in [0.717, 1.165) is 17.8 Å². The monoisotopic (exact) mass is 359 g/mol. The third-order valence-corrected chi connectivity index (χ3v) is 4.30. The van der Waals surface area contributed by atoms with Crippen LogP contribution in [0.2, 0.25) is 0 Å². The molecule has 7 heteroatoms. The van der Waals surface area contributed by atoms with Crippen molar-refractivity contribution in [1.29, 1.82) is 0 Å². The van der Waals surface area contributed by atoms with Crippen LogP contribution in [-0.4, -0.2) is 25.9 Å². The van der Waals surface area contributed by atoms with Crippen LogP contribution in [-0.2, 0) is 9.59 Å². The molecule has 1 fully saturated rings. The van der Waals surface area contributed by atoms with Crippen LogP contribution < -0.4 is 15.5 Å². The lowest BCUT2D eigenvalue weighted by Gasteiger charge is -2.13. The average Bonchev–Trinajstić information content (AvgIpc) is 3.39. The summed E-state index contributed by atoms with van der Waals surface area (Å²) in [6.45, 7) is 0. The fourth-order valence-electron chi connectivity index (χ4n) is 2.66. The van der Waals surface area contributed by atoms with Gasteiger partial charge in [0.2, 0.25) is 11.8 Å². The minimum atomic E-state index is -1.03. The summed E-state index contributed by atoms with van der Waals surface area (Å²) in [4.78, 5) is 26.3. The largest absolute Gasteiger partial charge is 0.378 e. The second-order valence-corrected chi connectivity index (χ2v) is 6.50. The van der Waals surface area contributed by atoms with Gasteiger partial charge in [-0.2, -0.15) is 0 Å². The maximum Gasteiger partial charge on any atom is 0.228 e. The van der Waals surface area contributed by atoms with Crippen LogP contribution in [0.4, 0.5) is 25.8 Å². The molecule has 2 atom stereocenters. The predicted octanol–water partition coefficient (Wildman–Crippen LogP) is 3.24. The number of carbonyl (C=O) groups is 2. The van der Waals surface area contributed by atoms with Gasteiger partial charge in [0.25, 0.3) is 0 Å². The highest BCUT2D eigenvalue weighted by Crippen LogP contribution is 2.40. The summed E-state index contributed by atoms with van der Waals surface area (Å²) < 4.78 is 26.1. The summed E-state index contributed by atoms with van der Waals surface area (Å²) in [5.74, 6) is -3.51. The number of amides is 2. The lowest BCUT2D eigenvalue weighted by molar-refractivity contribution is -0.122. The van der Waals surface area contributed by atoms with Crippen LogP contribution in [0.3, 0.4) is 0 Å². The fraction of sp³-hybridized carbons (Fsp3) is 0.263. The lowest BCUT2D eigenvalue weighted by atomic mass is 10.2. The Balaban J connectivity index is 1.54. The second-order valence-electron chi connectivity index (χ2n) is 6.50. The Labute approximate surface area is 150 Å². The number of nitrogens with one attached hydrogen (secondary N) is 2. The number of anilines is 3. The van der Waals surface area contributed by atoms with E-state index in [2.05, 4.69) is 10.6 Å². The maximum absolute atomic E-state index is 13.2. The highest BCUT2D eigenvalue weighted by molar-refractivity contribution is 6.03. The molecule has 5 nitrogen and oxygen atoms in total. The standard InChI is InChI=1S/C19H19F2N3O2/c1-24(2)13-6-3-11(4-7-13)22-18(25)14-10-15(14)19(26)23-12-5-8-16(20)17(21)9-12/h3-9,14-15H,10H2,1-2H3,(H,22,25)(H,23,26). The van der Waals surface area contributed by atoms with Crippen molar-refractivity contribution in [2.75, 3.05) is 29.6 Å². The highest BCUT2D eigenvalue weighted by Gasteiger charge is 2.48.